The van der Waals surface area contributed by atoms with Crippen molar-refractivity contribution >= 4 is 60.2 Å². The van der Waals surface area contributed by atoms with Crippen LogP contribution >= 0.6 is 0 Å². The SMILES string of the molecule is [2H]c1c([2H])c(N(c2ccc(-c3cccc(-c4cccc5ccccc45)c3)cc2)c2c([2H])c([2H])c([2H])c3c([2H])c([2H])c([2H])c([2H])c23)c([2H])c([2H])c1-c1ccc2c(ccc3ccccc32)c1. The molecule has 10 aromatic carbocycles. The third kappa shape index (κ3) is 5.60. The fraction of sp³-hybridized carbons (Fsp3) is 0. The van der Waals surface area contributed by atoms with Crippen LogP contribution in [0, 0.1) is 0 Å². The molecule has 10 aromatic rings. The second kappa shape index (κ2) is 13.0. The first kappa shape index (κ1) is 21.4. The number of hydrogen-bond acceptors (Lipinski definition) is 1. The minimum absolute atomic E-state index is 0.0516. The summed E-state index contributed by atoms with van der Waals surface area (Å²) in [5.74, 6) is 0. The molecule has 0 N–H and O–H groups in total. The molecule has 0 bridgehead atoms. The van der Waals surface area contributed by atoms with Gasteiger partial charge in [0.15, 0.2) is 0 Å². The van der Waals surface area contributed by atoms with Crippen molar-refractivity contribution in [3.63, 3.8) is 0 Å². The van der Waals surface area contributed by atoms with E-state index in [9.17, 15) is 6.85 Å². The number of nitrogens with zero attached hydrogens (tertiary/aromatic N) is 1. The number of benzene rings is 10. The normalized spacial score (nSPS) is 14.3. The first-order valence-electron chi connectivity index (χ1n) is 22.9. The minimum atomic E-state index is -0.630. The zero-order valence-corrected chi connectivity index (χ0v) is 28.3. The van der Waals surface area contributed by atoms with Gasteiger partial charge in [-0.2, -0.15) is 0 Å². The fourth-order valence-electron chi connectivity index (χ4n) is 7.21. The highest BCUT2D eigenvalue weighted by atomic mass is 15.1. The van der Waals surface area contributed by atoms with Crippen LogP contribution in [0.4, 0.5) is 17.1 Å². The van der Waals surface area contributed by atoms with Gasteiger partial charge in [-0.3, -0.25) is 0 Å². The van der Waals surface area contributed by atoms with Gasteiger partial charge in [0.2, 0.25) is 0 Å². The third-order valence-corrected chi connectivity index (χ3v) is 9.81. The maximum absolute atomic E-state index is 9.58. The van der Waals surface area contributed by atoms with Crippen LogP contribution in [0.1, 0.15) is 15.1 Å². The summed E-state index contributed by atoms with van der Waals surface area (Å²) in [6.07, 6.45) is 0. The molecule has 0 saturated carbocycles. The Labute approximate surface area is 325 Å². The summed E-state index contributed by atoms with van der Waals surface area (Å²) in [4.78, 5) is 1.27. The highest BCUT2D eigenvalue weighted by Crippen LogP contribution is 2.41. The molecule has 10 rings (SSSR count). The van der Waals surface area contributed by atoms with Gasteiger partial charge in [-0.1, -0.05) is 170 Å². The molecule has 53 heavy (non-hydrogen) atoms. The Bertz CT molecular complexity index is 3540. The van der Waals surface area contributed by atoms with Crippen LogP contribution in [0.15, 0.2) is 212 Å². The lowest BCUT2D eigenvalue weighted by atomic mass is 9.95. The fourth-order valence-corrected chi connectivity index (χ4v) is 7.21. The average Bonchev–Trinajstić information content (AvgIpc) is 3.32. The molecule has 0 amide bonds. The Morgan fingerprint density at radius 2 is 0.962 bits per heavy atom. The molecule has 0 aliphatic carbocycles. The van der Waals surface area contributed by atoms with Gasteiger partial charge in [0.1, 0.15) is 0 Å². The van der Waals surface area contributed by atoms with Crippen molar-refractivity contribution in [2.24, 2.45) is 0 Å². The van der Waals surface area contributed by atoms with Crippen LogP contribution in [0.2, 0.25) is 0 Å². The molecule has 0 aliphatic heterocycles. The van der Waals surface area contributed by atoms with E-state index < -0.39 is 54.4 Å². The Balaban J connectivity index is 1.19. The maximum Gasteiger partial charge on any atom is 0.0645 e. The quantitative estimate of drug-likeness (QED) is 0.158. The van der Waals surface area contributed by atoms with Crippen molar-refractivity contribution in [1.82, 2.24) is 0 Å². The number of anilines is 3. The number of hydrogen-bond donors (Lipinski definition) is 0. The lowest BCUT2D eigenvalue weighted by Crippen LogP contribution is -2.10. The average molecular weight is 685 g/mol. The van der Waals surface area contributed by atoms with Crippen molar-refractivity contribution in [1.29, 1.82) is 0 Å². The molecule has 0 heterocycles. The van der Waals surface area contributed by atoms with E-state index in [2.05, 4.69) is 30.3 Å². The van der Waals surface area contributed by atoms with Crippen LogP contribution < -0.4 is 4.90 Å². The van der Waals surface area contributed by atoms with Gasteiger partial charge in [0.25, 0.3) is 0 Å². The molecule has 0 fully saturated rings. The lowest BCUT2D eigenvalue weighted by Gasteiger charge is -2.27. The number of fused-ring (bicyclic) bond motifs is 5. The monoisotopic (exact) mass is 684 g/mol. The van der Waals surface area contributed by atoms with Gasteiger partial charge < -0.3 is 4.90 Å². The summed E-state index contributed by atoms with van der Waals surface area (Å²) in [5.41, 5.74) is 3.92. The first-order chi connectivity index (χ1) is 30.8. The van der Waals surface area contributed by atoms with Crippen molar-refractivity contribution in [3.8, 4) is 33.4 Å². The Morgan fingerprint density at radius 3 is 1.83 bits per heavy atom. The second-order valence-electron chi connectivity index (χ2n) is 12.9. The Hall–Kier alpha value is -6.96. The van der Waals surface area contributed by atoms with Crippen molar-refractivity contribution in [2.75, 3.05) is 4.90 Å². The molecule has 0 atom stereocenters. The van der Waals surface area contributed by atoms with E-state index in [4.69, 9.17) is 8.22 Å². The van der Waals surface area contributed by atoms with Gasteiger partial charge in [-0.15, -0.1) is 0 Å². The zero-order valence-electron chi connectivity index (χ0n) is 39.3. The molecule has 0 aliphatic rings. The molecule has 0 unspecified atom stereocenters. The van der Waals surface area contributed by atoms with Crippen LogP contribution in [0.3, 0.4) is 0 Å². The van der Waals surface area contributed by atoms with Gasteiger partial charge in [0, 0.05) is 16.8 Å². The summed E-state index contributed by atoms with van der Waals surface area (Å²) >= 11 is 0. The Morgan fingerprint density at radius 1 is 0.321 bits per heavy atom. The molecule has 1 heteroatoms. The summed E-state index contributed by atoms with van der Waals surface area (Å²) in [6.45, 7) is 0. The molecular formula is C52H35N. The zero-order chi connectivity index (χ0) is 44.7. The van der Waals surface area contributed by atoms with Crippen LogP contribution in [-0.2, 0) is 0 Å². The van der Waals surface area contributed by atoms with Crippen molar-refractivity contribution < 1.29 is 15.1 Å². The van der Waals surface area contributed by atoms with E-state index in [1.165, 1.54) is 4.90 Å². The van der Waals surface area contributed by atoms with Crippen molar-refractivity contribution in [3.05, 3.63) is 212 Å². The molecule has 0 aromatic heterocycles. The van der Waals surface area contributed by atoms with E-state index in [-0.39, 0.29) is 45.5 Å². The smallest absolute Gasteiger partial charge is 0.0645 e. The molecule has 248 valence electrons. The van der Waals surface area contributed by atoms with E-state index in [1.54, 1.807) is 18.2 Å². The summed E-state index contributed by atoms with van der Waals surface area (Å²) in [6, 6.07) is 41.0. The predicted octanol–water partition coefficient (Wildman–Crippen LogP) is 14.8. The third-order valence-electron chi connectivity index (χ3n) is 9.81. The largest absolute Gasteiger partial charge is 0.310 e. The van der Waals surface area contributed by atoms with Crippen LogP contribution in [0.25, 0.3) is 76.5 Å². The van der Waals surface area contributed by atoms with Gasteiger partial charge in [-0.05, 0) is 113 Å². The second-order valence-corrected chi connectivity index (χ2v) is 12.9. The lowest BCUT2D eigenvalue weighted by molar-refractivity contribution is 1.30. The van der Waals surface area contributed by atoms with E-state index in [0.29, 0.717) is 5.56 Å². The highest BCUT2D eigenvalue weighted by Gasteiger charge is 2.16. The van der Waals surface area contributed by atoms with E-state index in [1.807, 2.05) is 97.1 Å². The van der Waals surface area contributed by atoms with Gasteiger partial charge >= 0.3 is 0 Å². The minimum Gasteiger partial charge on any atom is -0.310 e. The van der Waals surface area contributed by atoms with Gasteiger partial charge in [0.05, 0.1) is 20.8 Å². The maximum atomic E-state index is 9.58. The molecule has 0 saturated heterocycles. The molecular weight excluding hydrogens is 639 g/mol. The summed E-state index contributed by atoms with van der Waals surface area (Å²) < 4.78 is 100.0. The van der Waals surface area contributed by atoms with E-state index in [0.717, 1.165) is 54.6 Å². The molecule has 0 radical (unpaired) electrons. The van der Waals surface area contributed by atoms with Crippen molar-refractivity contribution in [2.45, 2.75) is 0 Å². The summed E-state index contributed by atoms with van der Waals surface area (Å²) in [7, 11) is 0. The standard InChI is InChI=1S/C52H35N/c1-4-17-47-38(10-1)13-8-20-49(47)43-16-7-15-41(34-43)36-24-29-45(30-25-36)53(52-21-9-14-39-11-3-6-19-51(39)52)46-31-26-37(27-32-46)42-28-33-50-44(35-42)23-22-40-12-2-5-18-48(40)50/h1-35H/i3D,6D,9D,11D,14D,19D,21D,26D,27D,31D,32D. The first-order valence-corrected chi connectivity index (χ1v) is 17.4. The molecule has 1 nitrogen and oxygen atoms in total. The summed E-state index contributed by atoms with van der Waals surface area (Å²) in [5, 5.41) is 5.56. The number of rotatable bonds is 6. The predicted molar refractivity (Wildman–Crippen MR) is 227 cm³/mol. The topological polar surface area (TPSA) is 3.24 Å². The highest BCUT2D eigenvalue weighted by molar-refractivity contribution is 6.08. The van der Waals surface area contributed by atoms with Crippen LogP contribution in [-0.4, -0.2) is 0 Å². The Kier molecular flexibility index (Phi) is 5.24. The molecule has 0 spiro atoms. The van der Waals surface area contributed by atoms with Crippen LogP contribution in [0.5, 0.6) is 0 Å². The van der Waals surface area contributed by atoms with Gasteiger partial charge in [-0.25, -0.2) is 0 Å². The van der Waals surface area contributed by atoms with E-state index >= 15 is 0 Å².